The molecule has 0 spiro atoms. The van der Waals surface area contributed by atoms with Crippen LogP contribution in [0.25, 0.3) is 0 Å². The van der Waals surface area contributed by atoms with E-state index in [-0.39, 0.29) is 11.8 Å². The zero-order chi connectivity index (χ0) is 11.4. The van der Waals surface area contributed by atoms with Crippen molar-refractivity contribution in [2.75, 3.05) is 7.05 Å². The molecule has 1 atom stereocenters. The molecule has 0 saturated carbocycles. The summed E-state index contributed by atoms with van der Waals surface area (Å²) in [6, 6.07) is 6.07. The summed E-state index contributed by atoms with van der Waals surface area (Å²) in [4.78, 5) is 11.8. The molecule has 0 radical (unpaired) electrons. The van der Waals surface area contributed by atoms with E-state index in [0.717, 1.165) is 0 Å². The summed E-state index contributed by atoms with van der Waals surface area (Å²) in [7, 11) is 1.81. The van der Waals surface area contributed by atoms with Crippen LogP contribution in [0.1, 0.15) is 23.6 Å². The van der Waals surface area contributed by atoms with Crippen molar-refractivity contribution in [1.82, 2.24) is 5.32 Å². The largest absolute Gasteiger partial charge is 0.311 e. The van der Waals surface area contributed by atoms with Crippen LogP contribution in [0.15, 0.2) is 18.2 Å². The van der Waals surface area contributed by atoms with Crippen molar-refractivity contribution in [1.29, 1.82) is 0 Å². The zero-order valence-electron chi connectivity index (χ0n) is 9.92. The maximum Gasteiger partial charge on any atom is 0.153 e. The van der Waals surface area contributed by atoms with Gasteiger partial charge < -0.3 is 5.32 Å². The van der Waals surface area contributed by atoms with Crippen LogP contribution in [-0.2, 0) is 11.2 Å². The minimum atomic E-state index is -0.0657. The molecular formula is C13H19NO. The second-order valence-corrected chi connectivity index (χ2v) is 4.02. The molecule has 82 valence electrons. The molecule has 0 aliphatic heterocycles. The number of aryl methyl sites for hydroxylation is 2. The summed E-state index contributed by atoms with van der Waals surface area (Å²) in [5.41, 5.74) is 3.57. The molecule has 0 amide bonds. The van der Waals surface area contributed by atoms with Crippen molar-refractivity contribution in [3.63, 3.8) is 0 Å². The molecule has 2 heteroatoms. The summed E-state index contributed by atoms with van der Waals surface area (Å²) in [5.74, 6) is 0.245. The molecule has 0 aliphatic rings. The molecule has 1 N–H and O–H groups in total. The van der Waals surface area contributed by atoms with E-state index in [0.29, 0.717) is 6.42 Å². The van der Waals surface area contributed by atoms with E-state index < -0.39 is 0 Å². The molecule has 0 bridgehead atoms. The number of hydrogen-bond donors (Lipinski definition) is 1. The standard InChI is InChI=1S/C13H19NO/c1-9-6-5-7-10(2)12(9)8-13(15)11(3)14-4/h5-7,11,14H,8H2,1-4H3. The molecular weight excluding hydrogens is 186 g/mol. The Hall–Kier alpha value is -1.15. The number of carbonyl (C=O) groups excluding carboxylic acids is 1. The van der Waals surface area contributed by atoms with Crippen molar-refractivity contribution in [3.05, 3.63) is 34.9 Å². The van der Waals surface area contributed by atoms with Gasteiger partial charge in [-0.25, -0.2) is 0 Å². The smallest absolute Gasteiger partial charge is 0.153 e. The van der Waals surface area contributed by atoms with Crippen LogP contribution < -0.4 is 5.32 Å². The second-order valence-electron chi connectivity index (χ2n) is 4.02. The average Bonchev–Trinajstić information content (AvgIpc) is 2.22. The van der Waals surface area contributed by atoms with Crippen LogP contribution in [0.3, 0.4) is 0 Å². The van der Waals surface area contributed by atoms with E-state index >= 15 is 0 Å². The van der Waals surface area contributed by atoms with Crippen LogP contribution in [0.5, 0.6) is 0 Å². The van der Waals surface area contributed by atoms with E-state index in [1.165, 1.54) is 16.7 Å². The van der Waals surface area contributed by atoms with Crippen molar-refractivity contribution >= 4 is 5.78 Å². The predicted octanol–water partition coefficient (Wildman–Crippen LogP) is 2.02. The fraction of sp³-hybridized carbons (Fsp3) is 0.462. The van der Waals surface area contributed by atoms with Crippen molar-refractivity contribution in [2.24, 2.45) is 0 Å². The maximum atomic E-state index is 11.8. The van der Waals surface area contributed by atoms with E-state index in [1.807, 2.05) is 20.0 Å². The van der Waals surface area contributed by atoms with Crippen molar-refractivity contribution in [3.8, 4) is 0 Å². The van der Waals surface area contributed by atoms with Gasteiger partial charge in [0.15, 0.2) is 5.78 Å². The van der Waals surface area contributed by atoms with Crippen molar-refractivity contribution < 1.29 is 4.79 Å². The number of Topliss-reactive ketones (excluding diaryl/α,β-unsaturated/α-hetero) is 1. The molecule has 1 rings (SSSR count). The van der Waals surface area contributed by atoms with E-state index in [9.17, 15) is 4.79 Å². The summed E-state index contributed by atoms with van der Waals surface area (Å²) in [6.45, 7) is 6.01. The lowest BCUT2D eigenvalue weighted by molar-refractivity contribution is -0.119. The fourth-order valence-electron chi connectivity index (χ4n) is 1.62. The number of likely N-dealkylation sites (N-methyl/N-ethyl adjacent to an activating group) is 1. The highest BCUT2D eigenvalue weighted by molar-refractivity contribution is 5.86. The van der Waals surface area contributed by atoms with Crippen molar-refractivity contribution in [2.45, 2.75) is 33.2 Å². The number of carbonyl (C=O) groups is 1. The Kier molecular flexibility index (Phi) is 4.04. The van der Waals surface area contributed by atoms with Gasteiger partial charge in [-0.05, 0) is 44.5 Å². The quantitative estimate of drug-likeness (QED) is 0.814. The van der Waals surface area contributed by atoms with Crippen LogP contribution in [0.4, 0.5) is 0 Å². The third kappa shape index (κ3) is 2.90. The maximum absolute atomic E-state index is 11.8. The molecule has 2 nitrogen and oxygen atoms in total. The summed E-state index contributed by atoms with van der Waals surface area (Å²) in [6.07, 6.45) is 0.528. The summed E-state index contributed by atoms with van der Waals surface area (Å²) < 4.78 is 0. The SMILES string of the molecule is CNC(C)C(=O)Cc1c(C)cccc1C. The number of benzene rings is 1. The Morgan fingerprint density at radius 2 is 1.87 bits per heavy atom. The third-order valence-electron chi connectivity index (χ3n) is 2.91. The van der Waals surface area contributed by atoms with Gasteiger partial charge in [-0.3, -0.25) is 4.79 Å². The second kappa shape index (κ2) is 5.08. The van der Waals surface area contributed by atoms with Gasteiger partial charge in [-0.2, -0.15) is 0 Å². The lowest BCUT2D eigenvalue weighted by Crippen LogP contribution is -2.32. The Labute approximate surface area is 91.7 Å². The van der Waals surface area contributed by atoms with Gasteiger partial charge in [0.25, 0.3) is 0 Å². The van der Waals surface area contributed by atoms with Gasteiger partial charge in [0.05, 0.1) is 6.04 Å². The molecule has 1 aromatic carbocycles. The highest BCUT2D eigenvalue weighted by Crippen LogP contribution is 2.14. The van der Waals surface area contributed by atoms with Crippen LogP contribution in [0.2, 0.25) is 0 Å². The minimum Gasteiger partial charge on any atom is -0.311 e. The van der Waals surface area contributed by atoms with Gasteiger partial charge in [-0.1, -0.05) is 18.2 Å². The Morgan fingerprint density at radius 1 is 1.33 bits per heavy atom. The fourth-order valence-corrected chi connectivity index (χ4v) is 1.62. The molecule has 15 heavy (non-hydrogen) atoms. The van der Waals surface area contributed by atoms with Gasteiger partial charge in [0.2, 0.25) is 0 Å². The molecule has 1 aromatic rings. The number of nitrogens with one attached hydrogen (secondary N) is 1. The molecule has 0 aliphatic carbocycles. The first kappa shape index (κ1) is 11.9. The van der Waals surface area contributed by atoms with E-state index in [1.54, 1.807) is 0 Å². The van der Waals surface area contributed by atoms with Crippen LogP contribution >= 0.6 is 0 Å². The van der Waals surface area contributed by atoms with Crippen LogP contribution in [-0.4, -0.2) is 18.9 Å². The zero-order valence-corrected chi connectivity index (χ0v) is 9.92. The molecule has 0 aromatic heterocycles. The van der Waals surface area contributed by atoms with Gasteiger partial charge >= 0.3 is 0 Å². The van der Waals surface area contributed by atoms with Gasteiger partial charge in [0.1, 0.15) is 0 Å². The molecule has 1 unspecified atom stereocenters. The van der Waals surface area contributed by atoms with E-state index in [4.69, 9.17) is 0 Å². The first-order valence-electron chi connectivity index (χ1n) is 5.31. The van der Waals surface area contributed by atoms with Crippen LogP contribution in [0, 0.1) is 13.8 Å². The minimum absolute atomic E-state index is 0.0657. The number of hydrogen-bond acceptors (Lipinski definition) is 2. The third-order valence-corrected chi connectivity index (χ3v) is 2.91. The van der Waals surface area contributed by atoms with Gasteiger partial charge in [0, 0.05) is 6.42 Å². The number of ketones is 1. The average molecular weight is 205 g/mol. The summed E-state index contributed by atoms with van der Waals surface area (Å²) >= 11 is 0. The molecule has 0 heterocycles. The Balaban J connectivity index is 2.85. The normalized spacial score (nSPS) is 12.5. The number of rotatable bonds is 4. The lowest BCUT2D eigenvalue weighted by atomic mass is 9.96. The molecule has 0 fully saturated rings. The van der Waals surface area contributed by atoms with E-state index in [2.05, 4.69) is 31.3 Å². The highest BCUT2D eigenvalue weighted by atomic mass is 16.1. The van der Waals surface area contributed by atoms with Gasteiger partial charge in [-0.15, -0.1) is 0 Å². The first-order chi connectivity index (χ1) is 7.06. The summed E-state index contributed by atoms with van der Waals surface area (Å²) in [5, 5.41) is 2.97. The topological polar surface area (TPSA) is 29.1 Å². The lowest BCUT2D eigenvalue weighted by Gasteiger charge is -2.12. The highest BCUT2D eigenvalue weighted by Gasteiger charge is 2.13. The predicted molar refractivity (Wildman–Crippen MR) is 63.1 cm³/mol. The Morgan fingerprint density at radius 3 is 2.33 bits per heavy atom. The monoisotopic (exact) mass is 205 g/mol. The Bertz CT molecular complexity index is 337. The first-order valence-corrected chi connectivity index (χ1v) is 5.31. The molecule has 0 saturated heterocycles.